The molecule has 1 aromatic heterocycles. The molecule has 41 heavy (non-hydrogen) atoms. The number of fused-ring (bicyclic) bond motifs is 3. The highest BCUT2D eigenvalue weighted by Crippen LogP contribution is 2.58. The molecule has 1 amide bonds. The van der Waals surface area contributed by atoms with Crippen LogP contribution in [0.25, 0.3) is 12.2 Å². The second-order valence-corrected chi connectivity index (χ2v) is 12.8. The van der Waals surface area contributed by atoms with Gasteiger partial charge in [0.2, 0.25) is 5.91 Å². The summed E-state index contributed by atoms with van der Waals surface area (Å²) >= 11 is 0. The summed E-state index contributed by atoms with van der Waals surface area (Å²) in [7, 11) is 1.73. The van der Waals surface area contributed by atoms with E-state index < -0.39 is 0 Å². The molecule has 7 rings (SSSR count). The van der Waals surface area contributed by atoms with Crippen molar-refractivity contribution >= 4 is 23.7 Å². The monoisotopic (exact) mass is 553 g/mol. The van der Waals surface area contributed by atoms with Crippen LogP contribution in [0.3, 0.4) is 0 Å². The third-order valence-corrected chi connectivity index (χ3v) is 10.2. The first-order chi connectivity index (χ1) is 20.0. The summed E-state index contributed by atoms with van der Waals surface area (Å²) in [6.07, 6.45) is 17.7. The van der Waals surface area contributed by atoms with Crippen LogP contribution in [-0.2, 0) is 10.2 Å². The summed E-state index contributed by atoms with van der Waals surface area (Å²) in [5.41, 5.74) is 3.93. The Kier molecular flexibility index (Phi) is 8.01. The Morgan fingerprint density at radius 1 is 1.00 bits per heavy atom. The lowest BCUT2D eigenvalue weighted by Gasteiger charge is -2.55. The zero-order valence-corrected chi connectivity index (χ0v) is 24.6. The topological polar surface area (TPSA) is 68.5 Å². The molecule has 4 saturated carbocycles. The Morgan fingerprint density at radius 2 is 1.73 bits per heavy atom. The molecular weight excluding hydrogens is 510 g/mol. The zero-order chi connectivity index (χ0) is 28.3. The summed E-state index contributed by atoms with van der Waals surface area (Å²) in [6, 6.07) is 17.1. The summed E-state index contributed by atoms with van der Waals surface area (Å²) in [6.45, 7) is 2.63. The van der Waals surface area contributed by atoms with Crippen molar-refractivity contribution in [2.75, 3.05) is 18.6 Å². The largest absolute Gasteiger partial charge is 0.497 e. The number of aromatic nitrogens is 2. The van der Waals surface area contributed by atoms with Crippen molar-refractivity contribution in [3.8, 4) is 5.75 Å². The predicted molar refractivity (Wildman–Crippen MR) is 163 cm³/mol. The molecule has 4 aliphatic carbocycles. The number of rotatable bonds is 9. The summed E-state index contributed by atoms with van der Waals surface area (Å²) in [4.78, 5) is 20.5. The van der Waals surface area contributed by atoms with E-state index in [-0.39, 0.29) is 16.7 Å². The molecular formula is C35H43N3O3. The highest BCUT2D eigenvalue weighted by Gasteiger charge is 2.50. The van der Waals surface area contributed by atoms with E-state index in [1.807, 2.05) is 19.1 Å². The average Bonchev–Trinajstić information content (AvgIpc) is 3.45. The number of amides is 1. The van der Waals surface area contributed by atoms with Crippen LogP contribution in [0.1, 0.15) is 99.9 Å². The molecule has 4 fully saturated rings. The number of ether oxygens (including phenoxy) is 1. The zero-order valence-electron chi connectivity index (χ0n) is 24.6. The molecule has 0 spiro atoms. The van der Waals surface area contributed by atoms with Crippen molar-refractivity contribution in [2.24, 2.45) is 11.3 Å². The molecule has 1 heterocycles. The summed E-state index contributed by atoms with van der Waals surface area (Å²) in [5.74, 6) is 2.83. The number of aryl methyl sites for hydroxylation is 1. The molecule has 2 bridgehead atoms. The first kappa shape index (κ1) is 27.7. The van der Waals surface area contributed by atoms with Gasteiger partial charge in [0, 0.05) is 24.7 Å². The average molecular weight is 554 g/mol. The number of carbonyl (C=O) groups excluding carboxylic acids is 1. The number of anilines is 1. The normalized spacial score (nSPS) is 24.5. The van der Waals surface area contributed by atoms with Gasteiger partial charge in [-0.1, -0.05) is 48.7 Å². The molecule has 0 radical (unpaired) electrons. The number of methoxy groups -OCH3 is 1. The van der Waals surface area contributed by atoms with Gasteiger partial charge in [0.1, 0.15) is 5.75 Å². The fraction of sp³-hybridized carbons (Fsp3) is 0.514. The lowest BCUT2D eigenvalue weighted by atomic mass is 9.51. The lowest BCUT2D eigenvalue weighted by molar-refractivity contribution is -0.120. The van der Waals surface area contributed by atoms with E-state index >= 15 is 0 Å². The molecule has 0 unspecified atom stereocenters. The molecule has 0 N–H and O–H groups in total. The van der Waals surface area contributed by atoms with Crippen LogP contribution in [0.4, 0.5) is 5.69 Å². The van der Waals surface area contributed by atoms with Gasteiger partial charge >= 0.3 is 0 Å². The minimum Gasteiger partial charge on any atom is -0.497 e. The van der Waals surface area contributed by atoms with Gasteiger partial charge < -0.3 is 14.2 Å². The van der Waals surface area contributed by atoms with E-state index in [9.17, 15) is 4.79 Å². The first-order valence-corrected chi connectivity index (χ1v) is 15.5. The second-order valence-electron chi connectivity index (χ2n) is 12.8. The highest BCUT2D eigenvalue weighted by atomic mass is 16.5. The van der Waals surface area contributed by atoms with Gasteiger partial charge in [-0.25, -0.2) is 0 Å². The van der Waals surface area contributed by atoms with Gasteiger partial charge in [-0.2, -0.15) is 4.98 Å². The summed E-state index contributed by atoms with van der Waals surface area (Å²) < 4.78 is 10.7. The molecule has 0 aliphatic heterocycles. The van der Waals surface area contributed by atoms with Crippen molar-refractivity contribution in [3.63, 3.8) is 0 Å². The Morgan fingerprint density at radius 3 is 2.39 bits per heavy atom. The number of hydrogen-bond donors (Lipinski definition) is 0. The van der Waals surface area contributed by atoms with E-state index in [1.165, 1.54) is 76.2 Å². The third kappa shape index (κ3) is 6.12. The molecule has 216 valence electrons. The maximum atomic E-state index is 14.1. The smallest absolute Gasteiger partial charge is 0.250 e. The van der Waals surface area contributed by atoms with Crippen molar-refractivity contribution in [2.45, 2.75) is 89.4 Å². The van der Waals surface area contributed by atoms with Gasteiger partial charge in [-0.05, 0) is 117 Å². The second kappa shape index (κ2) is 11.8. The Bertz CT molecular complexity index is 1340. The van der Waals surface area contributed by atoms with Crippen LogP contribution in [0.2, 0.25) is 0 Å². The van der Waals surface area contributed by atoms with Crippen LogP contribution in [0, 0.1) is 18.3 Å². The Hall–Kier alpha value is -3.41. The molecule has 2 aromatic carbocycles. The number of carbonyl (C=O) groups is 1. The number of benzene rings is 2. The van der Waals surface area contributed by atoms with Gasteiger partial charge in [0.25, 0.3) is 5.89 Å². The summed E-state index contributed by atoms with van der Waals surface area (Å²) in [5, 5.41) is 3.88. The standard InChI is InChI=1S/C35H43N3O3/c1-26-36-32(41-37-26)16-11-28-9-6-10-30(23-28)38(33(39)24-27-7-4-3-5-8-27)25-34-17-20-35(21-18-34,22-19-34)29-12-14-31(40-2)15-13-29/h6,9-16,23,27H,3-5,7-8,17-22,24-25H2,1-2H3/b16-11+. The van der Waals surface area contributed by atoms with Gasteiger partial charge in [-0.3, -0.25) is 4.79 Å². The number of hydrogen-bond acceptors (Lipinski definition) is 5. The Balaban J connectivity index is 1.22. The van der Waals surface area contributed by atoms with E-state index in [0.717, 1.165) is 23.5 Å². The van der Waals surface area contributed by atoms with E-state index in [4.69, 9.17) is 9.26 Å². The highest BCUT2D eigenvalue weighted by molar-refractivity contribution is 5.94. The van der Waals surface area contributed by atoms with Crippen LogP contribution in [0.15, 0.2) is 53.1 Å². The van der Waals surface area contributed by atoms with Crippen LogP contribution in [0.5, 0.6) is 5.75 Å². The molecule has 6 nitrogen and oxygen atoms in total. The molecule has 0 atom stereocenters. The van der Waals surface area contributed by atoms with Gasteiger partial charge in [-0.15, -0.1) is 0 Å². The van der Waals surface area contributed by atoms with Gasteiger partial charge in [0.15, 0.2) is 5.82 Å². The fourth-order valence-corrected chi connectivity index (χ4v) is 7.63. The minimum absolute atomic E-state index is 0.184. The maximum Gasteiger partial charge on any atom is 0.250 e. The first-order valence-electron chi connectivity index (χ1n) is 15.5. The Labute approximate surface area is 244 Å². The predicted octanol–water partition coefficient (Wildman–Crippen LogP) is 8.15. The van der Waals surface area contributed by atoms with Crippen LogP contribution < -0.4 is 9.64 Å². The van der Waals surface area contributed by atoms with Gasteiger partial charge in [0.05, 0.1) is 7.11 Å². The lowest BCUT2D eigenvalue weighted by Crippen LogP contribution is -2.50. The fourth-order valence-electron chi connectivity index (χ4n) is 7.63. The number of nitrogens with zero attached hydrogens (tertiary/aromatic N) is 3. The molecule has 3 aromatic rings. The maximum absolute atomic E-state index is 14.1. The van der Waals surface area contributed by atoms with Crippen LogP contribution >= 0.6 is 0 Å². The SMILES string of the molecule is COc1ccc(C23CCC(CN(C(=O)CC4CCCCC4)c4cccc(/C=C/c5nc(C)no5)c4)(CC2)CC3)cc1. The van der Waals surface area contributed by atoms with E-state index in [0.29, 0.717) is 24.1 Å². The molecule has 0 saturated heterocycles. The minimum atomic E-state index is 0.184. The molecule has 4 aliphatic rings. The van der Waals surface area contributed by atoms with E-state index in [2.05, 4.69) is 63.6 Å². The van der Waals surface area contributed by atoms with Crippen molar-refractivity contribution in [3.05, 3.63) is 71.4 Å². The van der Waals surface area contributed by atoms with Crippen LogP contribution in [-0.4, -0.2) is 29.7 Å². The van der Waals surface area contributed by atoms with E-state index in [1.54, 1.807) is 7.11 Å². The molecule has 6 heteroatoms. The third-order valence-electron chi connectivity index (χ3n) is 10.2. The quantitative estimate of drug-likeness (QED) is 0.267. The van der Waals surface area contributed by atoms with Crippen molar-refractivity contribution in [1.29, 1.82) is 0 Å². The van der Waals surface area contributed by atoms with Crippen molar-refractivity contribution in [1.82, 2.24) is 10.1 Å². The van der Waals surface area contributed by atoms with Crippen molar-refractivity contribution < 1.29 is 14.1 Å².